The van der Waals surface area contributed by atoms with E-state index in [2.05, 4.69) is 15.9 Å². The number of nitrogens with two attached hydrogens (primary N) is 2. The fraction of sp³-hybridized carbons (Fsp3) is 0.500. The minimum Gasteiger partial charge on any atom is -0.490 e. The molecule has 0 fully saturated rings. The smallest absolute Gasteiger partial charge is 0.255 e. The lowest BCUT2D eigenvalue weighted by molar-refractivity contribution is -0.119. The number of halogens is 1. The van der Waals surface area contributed by atoms with Crippen molar-refractivity contribution >= 4 is 21.8 Å². The summed E-state index contributed by atoms with van der Waals surface area (Å²) < 4.78 is 11.7. The quantitative estimate of drug-likeness (QED) is 0.754. The van der Waals surface area contributed by atoms with Crippen molar-refractivity contribution in [2.75, 3.05) is 13.2 Å². The second kappa shape index (κ2) is 8.11. The molecule has 0 aliphatic heterocycles. The van der Waals surface area contributed by atoms with E-state index in [-0.39, 0.29) is 12.6 Å². The maximum absolute atomic E-state index is 10.8. The molecular formula is C14H21BrN2O3. The van der Waals surface area contributed by atoms with Gasteiger partial charge in [0.1, 0.15) is 0 Å². The van der Waals surface area contributed by atoms with Gasteiger partial charge in [-0.15, -0.1) is 0 Å². The van der Waals surface area contributed by atoms with Crippen LogP contribution < -0.4 is 20.9 Å². The van der Waals surface area contributed by atoms with Crippen LogP contribution in [0, 0.1) is 0 Å². The summed E-state index contributed by atoms with van der Waals surface area (Å²) in [5.74, 6) is 0.539. The monoisotopic (exact) mass is 344 g/mol. The van der Waals surface area contributed by atoms with Crippen molar-refractivity contribution in [2.24, 2.45) is 11.5 Å². The summed E-state index contributed by atoms with van der Waals surface area (Å²) in [5.41, 5.74) is 12.1. The maximum Gasteiger partial charge on any atom is 0.255 e. The van der Waals surface area contributed by atoms with Gasteiger partial charge in [-0.3, -0.25) is 4.79 Å². The fourth-order valence-electron chi connectivity index (χ4n) is 1.73. The minimum atomic E-state index is -0.531. The molecule has 0 aliphatic rings. The van der Waals surface area contributed by atoms with Crippen molar-refractivity contribution < 1.29 is 14.3 Å². The van der Waals surface area contributed by atoms with Crippen molar-refractivity contribution in [2.45, 2.75) is 32.7 Å². The van der Waals surface area contributed by atoms with Gasteiger partial charge in [-0.05, 0) is 53.4 Å². The largest absolute Gasteiger partial charge is 0.490 e. The fourth-order valence-corrected chi connectivity index (χ4v) is 2.34. The lowest BCUT2D eigenvalue weighted by Gasteiger charge is -2.16. The number of amides is 1. The molecule has 0 saturated carbocycles. The van der Waals surface area contributed by atoms with E-state index in [1.54, 1.807) is 0 Å². The summed E-state index contributed by atoms with van der Waals surface area (Å²) in [6, 6.07) is 3.92. The zero-order valence-electron chi connectivity index (χ0n) is 11.8. The first-order valence-electron chi connectivity index (χ1n) is 6.59. The van der Waals surface area contributed by atoms with Gasteiger partial charge in [-0.25, -0.2) is 0 Å². The molecule has 1 unspecified atom stereocenters. The van der Waals surface area contributed by atoms with E-state index in [0.717, 1.165) is 22.9 Å². The first kappa shape index (κ1) is 16.8. The summed E-state index contributed by atoms with van der Waals surface area (Å²) in [7, 11) is 0. The number of primary amides is 1. The zero-order chi connectivity index (χ0) is 15.1. The Morgan fingerprint density at radius 2 is 2.05 bits per heavy atom. The highest BCUT2D eigenvalue weighted by molar-refractivity contribution is 9.10. The number of hydrogen-bond acceptors (Lipinski definition) is 4. The molecule has 0 spiro atoms. The van der Waals surface area contributed by atoms with Crippen LogP contribution in [-0.2, 0) is 11.2 Å². The Bertz CT molecular complexity index is 466. The molecule has 0 aliphatic carbocycles. The third-order valence-electron chi connectivity index (χ3n) is 2.75. The molecule has 1 atom stereocenters. The topological polar surface area (TPSA) is 87.6 Å². The first-order valence-corrected chi connectivity index (χ1v) is 7.39. The highest BCUT2D eigenvalue weighted by atomic mass is 79.9. The van der Waals surface area contributed by atoms with Crippen LogP contribution in [0.4, 0.5) is 0 Å². The number of hydrogen-bond donors (Lipinski definition) is 2. The van der Waals surface area contributed by atoms with Gasteiger partial charge in [0.05, 0.1) is 11.1 Å². The summed E-state index contributed by atoms with van der Waals surface area (Å²) >= 11 is 3.43. The van der Waals surface area contributed by atoms with Crippen molar-refractivity contribution in [3.63, 3.8) is 0 Å². The molecule has 1 amide bonds. The molecule has 0 saturated heterocycles. The third-order valence-corrected chi connectivity index (χ3v) is 3.34. The lowest BCUT2D eigenvalue weighted by Crippen LogP contribution is -2.22. The zero-order valence-corrected chi connectivity index (χ0v) is 13.4. The van der Waals surface area contributed by atoms with E-state index in [4.69, 9.17) is 20.9 Å². The van der Waals surface area contributed by atoms with Gasteiger partial charge in [-0.1, -0.05) is 6.92 Å². The molecule has 1 rings (SSSR count). The van der Waals surface area contributed by atoms with Gasteiger partial charge in [0, 0.05) is 6.04 Å². The predicted molar refractivity (Wildman–Crippen MR) is 82.0 cm³/mol. The second-order valence-electron chi connectivity index (χ2n) is 4.47. The van der Waals surface area contributed by atoms with Gasteiger partial charge < -0.3 is 20.9 Å². The average Bonchev–Trinajstić information content (AvgIpc) is 2.37. The van der Waals surface area contributed by atoms with Crippen LogP contribution in [-0.4, -0.2) is 25.2 Å². The highest BCUT2D eigenvalue weighted by Crippen LogP contribution is 2.37. The van der Waals surface area contributed by atoms with E-state index in [1.807, 2.05) is 26.0 Å². The third kappa shape index (κ3) is 5.02. The lowest BCUT2D eigenvalue weighted by atomic mass is 10.0. The Hall–Kier alpha value is -1.27. The van der Waals surface area contributed by atoms with Gasteiger partial charge in [0.15, 0.2) is 18.1 Å². The standard InChI is InChI=1S/C14H21BrN2O3/c1-3-10(16)5-9-6-11(15)14(20-8-13(17)18)12(7-9)19-4-2/h6-7,10H,3-5,8,16H2,1-2H3,(H2,17,18). The molecular weight excluding hydrogens is 324 g/mol. The molecule has 20 heavy (non-hydrogen) atoms. The Labute approximate surface area is 127 Å². The van der Waals surface area contributed by atoms with E-state index in [9.17, 15) is 4.79 Å². The van der Waals surface area contributed by atoms with Crippen LogP contribution in [0.1, 0.15) is 25.8 Å². The van der Waals surface area contributed by atoms with Crippen LogP contribution in [0.5, 0.6) is 11.5 Å². The minimum absolute atomic E-state index is 0.105. The van der Waals surface area contributed by atoms with Crippen molar-refractivity contribution in [3.8, 4) is 11.5 Å². The Kier molecular flexibility index (Phi) is 6.81. The van der Waals surface area contributed by atoms with Crippen LogP contribution in [0.15, 0.2) is 16.6 Å². The molecule has 6 heteroatoms. The molecule has 0 aromatic heterocycles. The van der Waals surface area contributed by atoms with Crippen molar-refractivity contribution in [1.82, 2.24) is 0 Å². The molecule has 1 aromatic rings. The molecule has 0 heterocycles. The molecule has 0 radical (unpaired) electrons. The highest BCUT2D eigenvalue weighted by Gasteiger charge is 2.14. The average molecular weight is 345 g/mol. The maximum atomic E-state index is 10.8. The summed E-state index contributed by atoms with van der Waals surface area (Å²) in [5, 5.41) is 0. The summed E-state index contributed by atoms with van der Waals surface area (Å²) in [4.78, 5) is 10.8. The number of carbonyl (C=O) groups is 1. The normalized spacial score (nSPS) is 12.0. The molecule has 0 bridgehead atoms. The number of carbonyl (C=O) groups excluding carboxylic acids is 1. The van der Waals surface area contributed by atoms with Crippen LogP contribution in [0.2, 0.25) is 0 Å². The van der Waals surface area contributed by atoms with Crippen LogP contribution >= 0.6 is 15.9 Å². The number of ether oxygens (including phenoxy) is 2. The van der Waals surface area contributed by atoms with Crippen LogP contribution in [0.3, 0.4) is 0 Å². The Balaban J connectivity index is 3.01. The predicted octanol–water partition coefficient (Wildman–Crippen LogP) is 1.99. The molecule has 4 N–H and O–H groups in total. The molecule has 1 aromatic carbocycles. The molecule has 112 valence electrons. The van der Waals surface area contributed by atoms with Gasteiger partial charge in [0.2, 0.25) is 0 Å². The number of rotatable bonds is 8. The second-order valence-corrected chi connectivity index (χ2v) is 5.32. The van der Waals surface area contributed by atoms with E-state index >= 15 is 0 Å². The van der Waals surface area contributed by atoms with Gasteiger partial charge >= 0.3 is 0 Å². The SMILES string of the molecule is CCOc1cc(CC(N)CC)cc(Br)c1OCC(N)=O. The molecule has 5 nitrogen and oxygen atoms in total. The Morgan fingerprint density at radius 3 is 2.60 bits per heavy atom. The van der Waals surface area contributed by atoms with Crippen LogP contribution in [0.25, 0.3) is 0 Å². The first-order chi connectivity index (χ1) is 9.47. The van der Waals surface area contributed by atoms with E-state index in [1.165, 1.54) is 0 Å². The Morgan fingerprint density at radius 1 is 1.35 bits per heavy atom. The van der Waals surface area contributed by atoms with Gasteiger partial charge in [-0.2, -0.15) is 0 Å². The summed E-state index contributed by atoms with van der Waals surface area (Å²) in [6.45, 7) is 4.25. The van der Waals surface area contributed by atoms with Crippen molar-refractivity contribution in [1.29, 1.82) is 0 Å². The summed E-state index contributed by atoms with van der Waals surface area (Å²) in [6.07, 6.45) is 1.66. The van der Waals surface area contributed by atoms with Gasteiger partial charge in [0.25, 0.3) is 5.91 Å². The number of benzene rings is 1. The van der Waals surface area contributed by atoms with E-state index in [0.29, 0.717) is 18.1 Å². The van der Waals surface area contributed by atoms with Crippen molar-refractivity contribution in [3.05, 3.63) is 22.2 Å². The van der Waals surface area contributed by atoms with E-state index < -0.39 is 5.91 Å².